The summed E-state index contributed by atoms with van der Waals surface area (Å²) in [7, 11) is -3.76. The van der Waals surface area contributed by atoms with Crippen molar-refractivity contribution in [3.05, 3.63) is 113 Å². The Balaban J connectivity index is 1.80. The number of benzene rings is 3. The Hall–Kier alpha value is -2.80. The van der Waals surface area contributed by atoms with Crippen LogP contribution in [-0.4, -0.2) is 12.4 Å². The van der Waals surface area contributed by atoms with E-state index in [2.05, 4.69) is 18.2 Å². The van der Waals surface area contributed by atoms with Crippen molar-refractivity contribution >= 4 is 44.0 Å². The van der Waals surface area contributed by atoms with E-state index in [-0.39, 0.29) is 0 Å². The zero-order valence-corrected chi connectivity index (χ0v) is 19.0. The molecule has 2 aromatic heterocycles. The topological polar surface area (TPSA) is 39.1 Å². The van der Waals surface area contributed by atoms with Crippen molar-refractivity contribution in [2.24, 2.45) is 0 Å². The van der Waals surface area contributed by atoms with E-state index in [0.717, 1.165) is 25.7 Å². The molecule has 31 heavy (non-hydrogen) atoms. The van der Waals surface area contributed by atoms with Crippen LogP contribution in [0.5, 0.6) is 0 Å². The third-order valence-electron chi connectivity index (χ3n) is 5.04. The van der Waals surface area contributed by atoms with Crippen LogP contribution in [-0.2, 0) is 16.4 Å². The molecule has 0 bridgehead atoms. The van der Waals surface area contributed by atoms with E-state index in [1.54, 1.807) is 51.3 Å². The standard InChI is InChI=1S/C25H19NO2S3/c27-31(28,21-13-5-2-6-14-21)26-23-16-8-7-15-22(23)25(30-19-10-3-1-4-11-19)24(26)18-20-12-9-17-29-20/h1-17H,18H2. The van der Waals surface area contributed by atoms with Crippen molar-refractivity contribution in [3.63, 3.8) is 0 Å². The average molecular weight is 462 g/mol. The Morgan fingerprint density at radius 1 is 0.774 bits per heavy atom. The van der Waals surface area contributed by atoms with Crippen molar-refractivity contribution in [2.45, 2.75) is 21.1 Å². The first-order valence-corrected chi connectivity index (χ1v) is 13.0. The number of para-hydroxylation sites is 1. The summed E-state index contributed by atoms with van der Waals surface area (Å²) in [5.41, 5.74) is 1.50. The quantitative estimate of drug-likeness (QED) is 0.283. The lowest BCUT2D eigenvalue weighted by molar-refractivity contribution is 0.587. The molecule has 5 rings (SSSR count). The molecule has 0 spiro atoms. The predicted molar refractivity (Wildman–Crippen MR) is 129 cm³/mol. The number of hydrogen-bond donors (Lipinski definition) is 0. The number of thiophene rings is 1. The normalized spacial score (nSPS) is 11.7. The number of fused-ring (bicyclic) bond motifs is 1. The van der Waals surface area contributed by atoms with E-state index in [1.807, 2.05) is 60.0 Å². The first-order chi connectivity index (χ1) is 15.1. The fourth-order valence-corrected chi connectivity index (χ4v) is 7.09. The second kappa shape index (κ2) is 8.38. The van der Waals surface area contributed by atoms with Crippen LogP contribution in [0.1, 0.15) is 10.6 Å². The molecule has 0 saturated heterocycles. The maximum Gasteiger partial charge on any atom is 0.268 e. The molecule has 5 aromatic rings. The van der Waals surface area contributed by atoms with Crippen molar-refractivity contribution < 1.29 is 8.42 Å². The molecule has 0 atom stereocenters. The largest absolute Gasteiger partial charge is 0.268 e. The highest BCUT2D eigenvalue weighted by Crippen LogP contribution is 2.41. The molecule has 0 amide bonds. The van der Waals surface area contributed by atoms with E-state index in [0.29, 0.717) is 16.8 Å². The molecule has 154 valence electrons. The van der Waals surface area contributed by atoms with Crippen LogP contribution in [0.3, 0.4) is 0 Å². The van der Waals surface area contributed by atoms with Crippen LogP contribution < -0.4 is 0 Å². The lowest BCUT2D eigenvalue weighted by Crippen LogP contribution is -2.16. The third-order valence-corrected chi connectivity index (χ3v) is 8.85. The fraction of sp³-hybridized carbons (Fsp3) is 0.0400. The molecular formula is C25H19NO2S3. The molecule has 0 fully saturated rings. The van der Waals surface area contributed by atoms with Crippen LogP contribution in [0.4, 0.5) is 0 Å². The number of aromatic nitrogens is 1. The molecular weight excluding hydrogens is 442 g/mol. The highest BCUT2D eigenvalue weighted by molar-refractivity contribution is 7.99. The van der Waals surface area contributed by atoms with Gasteiger partial charge in [-0.2, -0.15) is 0 Å². The summed E-state index contributed by atoms with van der Waals surface area (Å²) in [6.45, 7) is 0. The highest BCUT2D eigenvalue weighted by atomic mass is 32.2. The SMILES string of the molecule is O=S(=O)(c1ccccc1)n1c(Cc2cccs2)c(Sc2ccccc2)c2ccccc21. The summed E-state index contributed by atoms with van der Waals surface area (Å²) < 4.78 is 29.2. The summed E-state index contributed by atoms with van der Waals surface area (Å²) in [6.07, 6.45) is 0.549. The minimum absolute atomic E-state index is 0.291. The third kappa shape index (κ3) is 3.83. The Morgan fingerprint density at radius 3 is 2.16 bits per heavy atom. The summed E-state index contributed by atoms with van der Waals surface area (Å²) in [5.74, 6) is 0. The van der Waals surface area contributed by atoms with Crippen LogP contribution in [0.2, 0.25) is 0 Å². The summed E-state index contributed by atoms with van der Waals surface area (Å²) >= 11 is 3.26. The second-order valence-corrected chi connectivity index (χ2v) is 10.9. The lowest BCUT2D eigenvalue weighted by atomic mass is 10.2. The second-order valence-electron chi connectivity index (χ2n) is 7.05. The first kappa shape index (κ1) is 20.1. The minimum Gasteiger partial charge on any atom is -0.236 e. The number of rotatable bonds is 6. The molecule has 3 nitrogen and oxygen atoms in total. The van der Waals surface area contributed by atoms with Gasteiger partial charge in [0.25, 0.3) is 10.0 Å². The van der Waals surface area contributed by atoms with Gasteiger partial charge in [-0.25, -0.2) is 12.4 Å². The molecule has 0 saturated carbocycles. The monoisotopic (exact) mass is 461 g/mol. The van der Waals surface area contributed by atoms with E-state index >= 15 is 0 Å². The van der Waals surface area contributed by atoms with Crippen molar-refractivity contribution in [1.29, 1.82) is 0 Å². The van der Waals surface area contributed by atoms with Crippen LogP contribution in [0.15, 0.2) is 117 Å². The Labute approximate surface area is 190 Å². The molecule has 0 aliphatic carbocycles. The van der Waals surface area contributed by atoms with Gasteiger partial charge in [-0.05, 0) is 41.8 Å². The summed E-state index contributed by atoms with van der Waals surface area (Å²) in [4.78, 5) is 3.48. The van der Waals surface area contributed by atoms with Gasteiger partial charge in [-0.15, -0.1) is 11.3 Å². The Kier molecular flexibility index (Phi) is 5.44. The van der Waals surface area contributed by atoms with E-state index in [1.165, 1.54) is 0 Å². The molecule has 6 heteroatoms. The van der Waals surface area contributed by atoms with Gasteiger partial charge in [-0.1, -0.05) is 72.4 Å². The number of nitrogens with zero attached hydrogens (tertiary/aromatic N) is 1. The zero-order chi connectivity index (χ0) is 21.3. The van der Waals surface area contributed by atoms with Crippen LogP contribution >= 0.6 is 23.1 Å². The van der Waals surface area contributed by atoms with Gasteiger partial charge in [0.15, 0.2) is 0 Å². The molecule has 3 aromatic carbocycles. The van der Waals surface area contributed by atoms with Crippen molar-refractivity contribution in [3.8, 4) is 0 Å². The van der Waals surface area contributed by atoms with Crippen molar-refractivity contribution in [1.82, 2.24) is 3.97 Å². The summed E-state index contributed by atoms with van der Waals surface area (Å²) in [6, 6.07) is 30.6. The van der Waals surface area contributed by atoms with Crippen molar-refractivity contribution in [2.75, 3.05) is 0 Å². The Morgan fingerprint density at radius 2 is 1.45 bits per heavy atom. The highest BCUT2D eigenvalue weighted by Gasteiger charge is 2.27. The fourth-order valence-electron chi connectivity index (χ4n) is 3.66. The zero-order valence-electron chi connectivity index (χ0n) is 16.5. The minimum atomic E-state index is -3.76. The molecule has 0 aliphatic rings. The van der Waals surface area contributed by atoms with Gasteiger partial charge >= 0.3 is 0 Å². The maximum atomic E-state index is 13.8. The average Bonchev–Trinajstić information content (AvgIpc) is 3.42. The predicted octanol–water partition coefficient (Wildman–Crippen LogP) is 6.68. The smallest absolute Gasteiger partial charge is 0.236 e. The van der Waals surface area contributed by atoms with E-state index < -0.39 is 10.0 Å². The van der Waals surface area contributed by atoms with Gasteiger partial charge in [0.2, 0.25) is 0 Å². The van der Waals surface area contributed by atoms with Crippen LogP contribution in [0, 0.1) is 0 Å². The van der Waals surface area contributed by atoms with Gasteiger partial charge in [0, 0.05) is 26.5 Å². The molecule has 0 aliphatic heterocycles. The molecule has 0 N–H and O–H groups in total. The molecule has 2 heterocycles. The van der Waals surface area contributed by atoms with Gasteiger partial charge < -0.3 is 0 Å². The maximum absolute atomic E-state index is 13.8. The number of hydrogen-bond acceptors (Lipinski definition) is 4. The Bertz CT molecular complexity index is 1420. The molecule has 0 unspecified atom stereocenters. The van der Waals surface area contributed by atoms with E-state index in [4.69, 9.17) is 0 Å². The first-order valence-electron chi connectivity index (χ1n) is 9.83. The molecule has 0 radical (unpaired) electrons. The van der Waals surface area contributed by atoms with E-state index in [9.17, 15) is 8.42 Å². The lowest BCUT2D eigenvalue weighted by Gasteiger charge is -2.13. The van der Waals surface area contributed by atoms with Gasteiger partial charge in [0.05, 0.1) is 16.1 Å². The summed E-state index contributed by atoms with van der Waals surface area (Å²) in [5, 5.41) is 2.97. The van der Waals surface area contributed by atoms with Crippen LogP contribution in [0.25, 0.3) is 10.9 Å². The van der Waals surface area contributed by atoms with Gasteiger partial charge in [0.1, 0.15) is 0 Å². The van der Waals surface area contributed by atoms with Gasteiger partial charge in [-0.3, -0.25) is 0 Å².